The van der Waals surface area contributed by atoms with Gasteiger partial charge in [-0.05, 0) is 0 Å². The minimum Gasteiger partial charge on any atom is -0.462 e. The Bertz CT molecular complexity index is 519. The van der Waals surface area contributed by atoms with E-state index in [4.69, 9.17) is 5.11 Å². The highest BCUT2D eigenvalue weighted by molar-refractivity contribution is 5.26. The molecule has 1 aliphatic carbocycles. The fraction of sp³-hybridized carbons (Fsp3) is 0.500. The first kappa shape index (κ1) is 16.0. The Morgan fingerprint density at radius 3 is 2.19 bits per heavy atom. The summed E-state index contributed by atoms with van der Waals surface area (Å²) in [4.78, 5) is 0. The van der Waals surface area contributed by atoms with E-state index < -0.39 is 59.8 Å². The van der Waals surface area contributed by atoms with Crippen LogP contribution >= 0.6 is 0 Å². The summed E-state index contributed by atoms with van der Waals surface area (Å²) in [5, 5.41) is 47.6. The molecule has 0 bridgehead atoms. The maximum Gasteiger partial charge on any atom is 0.229 e. The van der Waals surface area contributed by atoms with Crippen molar-refractivity contribution >= 4 is 0 Å². The predicted octanol–water partition coefficient (Wildman–Crippen LogP) is -1.12. The molecule has 0 heterocycles. The Labute approximate surface area is 116 Å². The molecular weight excluding hydrogens is 297 g/mol. The molecule has 1 aromatic carbocycles. The second-order valence-corrected chi connectivity index (χ2v) is 4.78. The number of benzene rings is 1. The van der Waals surface area contributed by atoms with Crippen LogP contribution in [0.3, 0.4) is 0 Å². The van der Waals surface area contributed by atoms with Gasteiger partial charge in [-0.25, -0.2) is 13.2 Å². The zero-order chi connectivity index (χ0) is 15.9. The largest absolute Gasteiger partial charge is 0.462 e. The molecule has 5 atom stereocenters. The molecule has 0 saturated heterocycles. The molecule has 5 N–H and O–H groups in total. The molecule has 0 aliphatic heterocycles. The van der Waals surface area contributed by atoms with Crippen molar-refractivity contribution in [3.8, 4) is 5.75 Å². The van der Waals surface area contributed by atoms with Crippen LogP contribution in [-0.2, 0) is 0 Å². The van der Waals surface area contributed by atoms with E-state index in [0.717, 1.165) is 0 Å². The van der Waals surface area contributed by atoms with Crippen LogP contribution in [0, 0.1) is 23.4 Å². The van der Waals surface area contributed by atoms with Gasteiger partial charge < -0.3 is 30.3 Å². The van der Waals surface area contributed by atoms with E-state index in [1.165, 1.54) is 0 Å². The fourth-order valence-electron chi connectivity index (χ4n) is 2.27. The lowest BCUT2D eigenvalue weighted by Gasteiger charge is -2.53. The number of hydrogen-bond acceptors (Lipinski definition) is 6. The quantitative estimate of drug-likeness (QED) is 0.356. The highest BCUT2D eigenvalue weighted by Gasteiger charge is 2.65. The van der Waals surface area contributed by atoms with Crippen LogP contribution in [0.2, 0.25) is 0 Å². The fourth-order valence-corrected chi connectivity index (χ4v) is 2.27. The van der Waals surface area contributed by atoms with Crippen molar-refractivity contribution in [1.82, 2.24) is 0 Å². The van der Waals surface area contributed by atoms with Gasteiger partial charge in [-0.15, -0.1) is 0 Å². The van der Waals surface area contributed by atoms with E-state index >= 15 is 0 Å². The van der Waals surface area contributed by atoms with E-state index in [0.29, 0.717) is 12.1 Å². The molecule has 1 aromatic rings. The molecule has 6 nitrogen and oxygen atoms in total. The van der Waals surface area contributed by atoms with Crippen molar-refractivity contribution in [1.29, 1.82) is 0 Å². The summed E-state index contributed by atoms with van der Waals surface area (Å²) in [6.45, 7) is -0.777. The van der Waals surface area contributed by atoms with Gasteiger partial charge in [0.1, 0.15) is 11.9 Å². The molecular formula is C12H13F3O6. The van der Waals surface area contributed by atoms with Crippen molar-refractivity contribution < 1.29 is 43.4 Å². The van der Waals surface area contributed by atoms with Gasteiger partial charge in [0, 0.05) is 18.1 Å². The van der Waals surface area contributed by atoms with E-state index in [-0.39, 0.29) is 0 Å². The molecule has 1 aliphatic rings. The second kappa shape index (κ2) is 5.43. The molecule has 118 valence electrons. The van der Waals surface area contributed by atoms with Gasteiger partial charge in [0.25, 0.3) is 0 Å². The summed E-state index contributed by atoms with van der Waals surface area (Å²) in [5.41, 5.74) is -2.44. The average Bonchev–Trinajstić information content (AvgIpc) is 2.44. The predicted molar refractivity (Wildman–Crippen MR) is 60.5 cm³/mol. The third-order valence-electron chi connectivity index (χ3n) is 3.60. The zero-order valence-corrected chi connectivity index (χ0v) is 10.4. The highest BCUT2D eigenvalue weighted by atomic mass is 19.2. The average molecular weight is 310 g/mol. The molecule has 0 radical (unpaired) electrons. The molecule has 0 spiro atoms. The Morgan fingerprint density at radius 1 is 1.19 bits per heavy atom. The van der Waals surface area contributed by atoms with Crippen LogP contribution < -0.4 is 4.74 Å². The van der Waals surface area contributed by atoms with E-state index in [1.54, 1.807) is 0 Å². The zero-order valence-electron chi connectivity index (χ0n) is 10.4. The Balaban J connectivity index is 2.20. The monoisotopic (exact) mass is 310 g/mol. The van der Waals surface area contributed by atoms with E-state index in [2.05, 4.69) is 4.74 Å². The third kappa shape index (κ3) is 2.36. The van der Waals surface area contributed by atoms with Gasteiger partial charge in [-0.1, -0.05) is 0 Å². The van der Waals surface area contributed by atoms with Crippen LogP contribution in [0.25, 0.3) is 0 Å². The van der Waals surface area contributed by atoms with Crippen LogP contribution in [0.4, 0.5) is 13.2 Å². The highest BCUT2D eigenvalue weighted by Crippen LogP contribution is 2.42. The Hall–Kier alpha value is -1.39. The first-order valence-corrected chi connectivity index (χ1v) is 5.92. The molecule has 21 heavy (non-hydrogen) atoms. The topological polar surface area (TPSA) is 110 Å². The summed E-state index contributed by atoms with van der Waals surface area (Å²) in [7, 11) is 0. The Kier molecular flexibility index (Phi) is 4.13. The third-order valence-corrected chi connectivity index (χ3v) is 3.60. The number of aliphatic hydroxyl groups is 5. The number of halogens is 3. The SMILES string of the molecule is OCC1C(O)C(O)C1(O)C(O)Oc1cc(F)c(F)c(F)c1. The molecule has 9 heteroatoms. The Morgan fingerprint density at radius 2 is 1.71 bits per heavy atom. The number of rotatable bonds is 4. The molecule has 0 aromatic heterocycles. The van der Waals surface area contributed by atoms with Gasteiger partial charge >= 0.3 is 0 Å². The lowest BCUT2D eigenvalue weighted by Crippen LogP contribution is -2.76. The normalized spacial score (nSPS) is 33.4. The summed E-state index contributed by atoms with van der Waals surface area (Å²) < 4.78 is 43.4. The van der Waals surface area contributed by atoms with Crippen molar-refractivity contribution in [2.45, 2.75) is 24.1 Å². The van der Waals surface area contributed by atoms with Crippen molar-refractivity contribution in [2.75, 3.05) is 6.61 Å². The van der Waals surface area contributed by atoms with E-state index in [9.17, 15) is 33.6 Å². The minimum absolute atomic E-state index is 0.431. The summed E-state index contributed by atoms with van der Waals surface area (Å²) in [6.07, 6.45) is -5.54. The van der Waals surface area contributed by atoms with E-state index in [1.807, 2.05) is 0 Å². The summed E-state index contributed by atoms with van der Waals surface area (Å²) in [5.74, 6) is -6.84. The summed E-state index contributed by atoms with van der Waals surface area (Å²) in [6, 6.07) is 0.862. The maximum absolute atomic E-state index is 13.0. The second-order valence-electron chi connectivity index (χ2n) is 4.78. The van der Waals surface area contributed by atoms with Crippen LogP contribution in [-0.4, -0.2) is 56.2 Å². The first-order valence-electron chi connectivity index (χ1n) is 5.92. The number of aliphatic hydroxyl groups excluding tert-OH is 4. The first-order chi connectivity index (χ1) is 9.73. The van der Waals surface area contributed by atoms with Gasteiger partial charge in [0.2, 0.25) is 6.29 Å². The molecule has 0 amide bonds. The maximum atomic E-state index is 13.0. The number of hydrogen-bond donors (Lipinski definition) is 5. The van der Waals surface area contributed by atoms with Crippen LogP contribution in [0.5, 0.6) is 5.75 Å². The van der Waals surface area contributed by atoms with Crippen molar-refractivity contribution in [3.05, 3.63) is 29.6 Å². The van der Waals surface area contributed by atoms with Crippen LogP contribution in [0.1, 0.15) is 0 Å². The molecule has 2 rings (SSSR count). The smallest absolute Gasteiger partial charge is 0.229 e. The standard InChI is InChI=1S/C12H13F3O6/c13-6-1-4(2-7(14)8(6)15)21-11(19)12(20)5(3-16)9(17)10(12)18/h1-2,5,9-11,16-20H,3H2. The van der Waals surface area contributed by atoms with Crippen molar-refractivity contribution in [2.24, 2.45) is 5.92 Å². The lowest BCUT2D eigenvalue weighted by molar-refractivity contribution is -0.332. The van der Waals surface area contributed by atoms with Gasteiger partial charge in [0.05, 0.1) is 12.7 Å². The lowest BCUT2D eigenvalue weighted by atomic mass is 9.64. The molecule has 1 saturated carbocycles. The van der Waals surface area contributed by atoms with Gasteiger partial charge in [-0.3, -0.25) is 0 Å². The van der Waals surface area contributed by atoms with Gasteiger partial charge in [-0.2, -0.15) is 0 Å². The van der Waals surface area contributed by atoms with Gasteiger partial charge in [0.15, 0.2) is 23.1 Å². The van der Waals surface area contributed by atoms with Crippen LogP contribution in [0.15, 0.2) is 12.1 Å². The molecule has 1 fully saturated rings. The summed E-state index contributed by atoms with van der Waals surface area (Å²) >= 11 is 0. The van der Waals surface area contributed by atoms with Crippen molar-refractivity contribution in [3.63, 3.8) is 0 Å². The minimum atomic E-state index is -2.44. The molecule has 5 unspecified atom stereocenters. The number of ether oxygens (including phenoxy) is 1.